The van der Waals surface area contributed by atoms with Crippen molar-refractivity contribution in [3.8, 4) is 0 Å². The van der Waals surface area contributed by atoms with E-state index in [0.29, 0.717) is 11.0 Å². The van der Waals surface area contributed by atoms with Gasteiger partial charge < -0.3 is 0 Å². The lowest BCUT2D eigenvalue weighted by Gasteiger charge is -2.15. The molecule has 0 bridgehead atoms. The van der Waals surface area contributed by atoms with Crippen molar-refractivity contribution in [3.05, 3.63) is 28.0 Å². The van der Waals surface area contributed by atoms with Crippen LogP contribution in [0.2, 0.25) is 0 Å². The van der Waals surface area contributed by atoms with Gasteiger partial charge in [-0.2, -0.15) is 18.3 Å². The van der Waals surface area contributed by atoms with Crippen molar-refractivity contribution in [2.24, 2.45) is 13.0 Å². The quantitative estimate of drug-likeness (QED) is 0.910. The number of alkyl halides is 3. The van der Waals surface area contributed by atoms with Crippen LogP contribution in [0.3, 0.4) is 0 Å². The first-order valence-electron chi connectivity index (χ1n) is 7.15. The summed E-state index contributed by atoms with van der Waals surface area (Å²) >= 11 is 1.39. The molecule has 0 saturated carbocycles. The molecule has 0 aliphatic heterocycles. The number of carbonyl (C=O) groups is 1. The molecular weight excluding hydrogens is 329 g/mol. The SMILES string of the molecule is C[C@H]1CCc2nc(NC(=O)c3cc(C(F)(F)F)nn3C)sc2C1. The molecule has 2 heterocycles. The Kier molecular flexibility index (Phi) is 3.91. The third-order valence-corrected chi connectivity index (χ3v) is 4.84. The van der Waals surface area contributed by atoms with E-state index >= 15 is 0 Å². The predicted octanol–water partition coefficient (Wildman–Crippen LogP) is 3.27. The standard InChI is InChI=1S/C14H15F3N4OS/c1-7-3-4-8-10(5-7)23-13(18-8)19-12(22)9-6-11(14(15,16)17)20-21(9)2/h6-7H,3-5H2,1-2H3,(H,18,19,22)/t7-/m0/s1. The number of carbonyl (C=O) groups excluding carboxylic acids is 1. The Morgan fingerprint density at radius 3 is 2.87 bits per heavy atom. The maximum atomic E-state index is 12.6. The van der Waals surface area contributed by atoms with Gasteiger partial charge in [0.25, 0.3) is 5.91 Å². The number of nitrogens with one attached hydrogen (secondary N) is 1. The normalized spacial score (nSPS) is 17.9. The van der Waals surface area contributed by atoms with Crippen LogP contribution in [-0.2, 0) is 26.1 Å². The van der Waals surface area contributed by atoms with Gasteiger partial charge in [0.15, 0.2) is 10.8 Å². The number of anilines is 1. The van der Waals surface area contributed by atoms with Crippen molar-refractivity contribution in [2.45, 2.75) is 32.4 Å². The molecule has 1 aliphatic carbocycles. The number of rotatable bonds is 2. The van der Waals surface area contributed by atoms with Gasteiger partial charge in [0.1, 0.15) is 5.69 Å². The third-order valence-electron chi connectivity index (χ3n) is 3.81. The zero-order valence-corrected chi connectivity index (χ0v) is 13.4. The fourth-order valence-electron chi connectivity index (χ4n) is 2.57. The van der Waals surface area contributed by atoms with Gasteiger partial charge in [-0.05, 0) is 25.2 Å². The zero-order valence-electron chi connectivity index (χ0n) is 12.6. The van der Waals surface area contributed by atoms with Gasteiger partial charge >= 0.3 is 6.18 Å². The fraction of sp³-hybridized carbons (Fsp3) is 0.500. The second-order valence-corrected chi connectivity index (χ2v) is 6.81. The summed E-state index contributed by atoms with van der Waals surface area (Å²) in [7, 11) is 1.30. The van der Waals surface area contributed by atoms with Crippen LogP contribution in [0, 0.1) is 5.92 Å². The van der Waals surface area contributed by atoms with Crippen molar-refractivity contribution < 1.29 is 18.0 Å². The molecule has 124 valence electrons. The van der Waals surface area contributed by atoms with Crippen molar-refractivity contribution in [1.82, 2.24) is 14.8 Å². The number of halogens is 3. The van der Waals surface area contributed by atoms with E-state index in [1.165, 1.54) is 18.4 Å². The predicted molar refractivity (Wildman–Crippen MR) is 79.5 cm³/mol. The lowest BCUT2D eigenvalue weighted by molar-refractivity contribution is -0.141. The maximum absolute atomic E-state index is 12.6. The van der Waals surface area contributed by atoms with Gasteiger partial charge in [0.2, 0.25) is 0 Å². The molecule has 9 heteroatoms. The molecule has 0 unspecified atom stereocenters. The van der Waals surface area contributed by atoms with Gasteiger partial charge in [0.05, 0.1) is 5.69 Å². The van der Waals surface area contributed by atoms with E-state index in [1.807, 2.05) is 0 Å². The van der Waals surface area contributed by atoms with Crippen LogP contribution in [0.1, 0.15) is 40.1 Å². The maximum Gasteiger partial charge on any atom is 0.435 e. The minimum Gasteiger partial charge on any atom is -0.296 e. The first kappa shape index (κ1) is 16.0. The largest absolute Gasteiger partial charge is 0.435 e. The number of hydrogen-bond donors (Lipinski definition) is 1. The second-order valence-electron chi connectivity index (χ2n) is 5.73. The van der Waals surface area contributed by atoms with Crippen molar-refractivity contribution in [2.75, 3.05) is 5.32 Å². The summed E-state index contributed by atoms with van der Waals surface area (Å²) in [6.07, 6.45) is -1.73. The highest BCUT2D eigenvalue weighted by Crippen LogP contribution is 2.32. The molecule has 0 aromatic carbocycles. The molecule has 3 rings (SSSR count). The number of nitrogens with zero attached hydrogens (tertiary/aromatic N) is 3. The Morgan fingerprint density at radius 1 is 1.48 bits per heavy atom. The molecule has 5 nitrogen and oxygen atoms in total. The average molecular weight is 344 g/mol. The summed E-state index contributed by atoms with van der Waals surface area (Å²) < 4.78 is 38.9. The molecular formula is C14H15F3N4OS. The van der Waals surface area contributed by atoms with Gasteiger partial charge in [-0.3, -0.25) is 14.8 Å². The minimum atomic E-state index is -4.58. The topological polar surface area (TPSA) is 59.8 Å². The Morgan fingerprint density at radius 2 is 2.22 bits per heavy atom. The monoisotopic (exact) mass is 344 g/mol. The van der Waals surface area contributed by atoms with Gasteiger partial charge in [-0.1, -0.05) is 6.92 Å². The summed E-state index contributed by atoms with van der Waals surface area (Å²) in [6, 6.07) is 0.741. The molecule has 1 atom stereocenters. The lowest BCUT2D eigenvalue weighted by Crippen LogP contribution is -2.16. The number of hydrogen-bond acceptors (Lipinski definition) is 4. The van der Waals surface area contributed by atoms with E-state index in [1.54, 1.807) is 0 Å². The summed E-state index contributed by atoms with van der Waals surface area (Å²) in [5.41, 5.74) is -0.263. The molecule has 2 aromatic heterocycles. The van der Waals surface area contributed by atoms with E-state index < -0.39 is 17.8 Å². The van der Waals surface area contributed by atoms with Crippen LogP contribution in [0.4, 0.5) is 18.3 Å². The first-order valence-corrected chi connectivity index (χ1v) is 7.97. The number of amides is 1. The molecule has 0 radical (unpaired) electrons. The molecule has 2 aromatic rings. The number of fused-ring (bicyclic) bond motifs is 1. The van der Waals surface area contributed by atoms with Crippen molar-refractivity contribution in [3.63, 3.8) is 0 Å². The molecule has 1 amide bonds. The Bertz CT molecular complexity index is 750. The van der Waals surface area contributed by atoms with Crippen LogP contribution < -0.4 is 5.32 Å². The lowest BCUT2D eigenvalue weighted by atomic mass is 9.93. The third kappa shape index (κ3) is 3.24. The van der Waals surface area contributed by atoms with Crippen LogP contribution in [0.15, 0.2) is 6.07 Å². The van der Waals surface area contributed by atoms with Crippen molar-refractivity contribution in [1.29, 1.82) is 0 Å². The first-order chi connectivity index (χ1) is 10.7. The smallest absolute Gasteiger partial charge is 0.296 e. The van der Waals surface area contributed by atoms with Crippen LogP contribution in [0.25, 0.3) is 0 Å². The highest BCUT2D eigenvalue weighted by molar-refractivity contribution is 7.15. The molecule has 1 aliphatic rings. The van der Waals surface area contributed by atoms with E-state index in [-0.39, 0.29) is 5.69 Å². The van der Waals surface area contributed by atoms with Crippen molar-refractivity contribution >= 4 is 22.4 Å². The highest BCUT2D eigenvalue weighted by atomic mass is 32.1. The summed E-state index contributed by atoms with van der Waals surface area (Å²) in [6.45, 7) is 2.16. The molecule has 23 heavy (non-hydrogen) atoms. The minimum absolute atomic E-state index is 0.154. The van der Waals surface area contributed by atoms with E-state index in [2.05, 4.69) is 22.3 Å². The van der Waals surface area contributed by atoms with Crippen LogP contribution in [0.5, 0.6) is 0 Å². The molecule has 0 saturated heterocycles. The van der Waals surface area contributed by atoms with E-state index in [0.717, 1.165) is 40.6 Å². The van der Waals surface area contributed by atoms with Gasteiger partial charge in [0, 0.05) is 18.0 Å². The van der Waals surface area contributed by atoms with E-state index in [9.17, 15) is 18.0 Å². The fourth-order valence-corrected chi connectivity index (χ4v) is 3.74. The van der Waals surface area contributed by atoms with Crippen LogP contribution >= 0.6 is 11.3 Å². The summed E-state index contributed by atoms with van der Waals surface area (Å²) in [4.78, 5) is 17.7. The highest BCUT2D eigenvalue weighted by Gasteiger charge is 2.35. The summed E-state index contributed by atoms with van der Waals surface area (Å²) in [5, 5.41) is 6.33. The zero-order chi connectivity index (χ0) is 16.8. The molecule has 0 spiro atoms. The van der Waals surface area contributed by atoms with E-state index in [4.69, 9.17) is 0 Å². The van der Waals surface area contributed by atoms with Crippen LogP contribution in [-0.4, -0.2) is 20.7 Å². The van der Waals surface area contributed by atoms with Gasteiger partial charge in [-0.25, -0.2) is 4.98 Å². The molecule has 1 N–H and O–H groups in total. The number of aromatic nitrogens is 3. The average Bonchev–Trinajstić information content (AvgIpc) is 3.00. The Labute approximate surface area is 134 Å². The second kappa shape index (κ2) is 5.63. The summed E-state index contributed by atoms with van der Waals surface area (Å²) in [5.74, 6) is -0.0624. The molecule has 0 fully saturated rings. The number of thiazole rings is 1. The Balaban J connectivity index is 1.79. The number of aryl methyl sites for hydroxylation is 2. The van der Waals surface area contributed by atoms with Gasteiger partial charge in [-0.15, -0.1) is 11.3 Å². The Hall–Kier alpha value is -1.90.